The molecule has 0 heterocycles. The van der Waals surface area contributed by atoms with Crippen molar-refractivity contribution >= 4 is 17.6 Å². The van der Waals surface area contributed by atoms with E-state index in [9.17, 15) is 0 Å². The Morgan fingerprint density at radius 1 is 1.55 bits per heavy atom. The lowest BCUT2D eigenvalue weighted by Crippen LogP contribution is -1.95. The first-order chi connectivity index (χ1) is 5.27. The van der Waals surface area contributed by atoms with E-state index in [-0.39, 0.29) is 0 Å². The fraction of sp³-hybridized carbons (Fsp3) is 0.125. The molecule has 0 aliphatic carbocycles. The second-order valence-corrected chi connectivity index (χ2v) is 2.24. The fourth-order valence-corrected chi connectivity index (χ4v) is 0.862. The maximum Gasteiger partial charge on any atom is 0.0423 e. The average Bonchev–Trinajstić information content (AvgIpc) is 2.04. The Bertz CT molecular complexity index is 268. The number of hydrogen-bond donors (Lipinski definition) is 3. The van der Waals surface area contributed by atoms with Crippen LogP contribution in [0.4, 0.5) is 11.4 Å². The van der Waals surface area contributed by atoms with Crippen molar-refractivity contribution in [3.8, 4) is 0 Å². The van der Waals surface area contributed by atoms with Gasteiger partial charge in [-0.15, -0.1) is 0 Å². The summed E-state index contributed by atoms with van der Waals surface area (Å²) in [4.78, 5) is 0. The van der Waals surface area contributed by atoms with E-state index in [0.717, 1.165) is 11.3 Å². The summed E-state index contributed by atoms with van der Waals surface area (Å²) in [6.07, 6.45) is 1.24. The molecule has 58 valence electrons. The molecule has 0 aliphatic heterocycles. The lowest BCUT2D eigenvalue weighted by atomic mass is 10.2. The SMILES string of the molecule is CNc1ccc(C=N)c(N)c1. The number of benzene rings is 1. The molecule has 3 nitrogen and oxygen atoms in total. The number of nitrogen functional groups attached to an aromatic ring is 1. The molecule has 0 spiro atoms. The van der Waals surface area contributed by atoms with Crippen molar-refractivity contribution in [1.82, 2.24) is 0 Å². The van der Waals surface area contributed by atoms with Gasteiger partial charge in [0.15, 0.2) is 0 Å². The summed E-state index contributed by atoms with van der Waals surface area (Å²) in [5.41, 5.74) is 7.97. The van der Waals surface area contributed by atoms with Crippen molar-refractivity contribution in [3.63, 3.8) is 0 Å². The zero-order valence-corrected chi connectivity index (χ0v) is 6.39. The summed E-state index contributed by atoms with van der Waals surface area (Å²) in [6.45, 7) is 0. The lowest BCUT2D eigenvalue weighted by Gasteiger charge is -2.02. The minimum absolute atomic E-state index is 0.631. The molecule has 0 saturated heterocycles. The molecule has 0 fully saturated rings. The Morgan fingerprint density at radius 2 is 2.27 bits per heavy atom. The van der Waals surface area contributed by atoms with Gasteiger partial charge in [0.1, 0.15) is 0 Å². The predicted molar refractivity (Wildman–Crippen MR) is 48.3 cm³/mol. The molecule has 1 aromatic carbocycles. The number of anilines is 2. The van der Waals surface area contributed by atoms with Crippen LogP contribution < -0.4 is 11.1 Å². The lowest BCUT2D eigenvalue weighted by molar-refractivity contribution is 1.49. The van der Waals surface area contributed by atoms with E-state index < -0.39 is 0 Å². The van der Waals surface area contributed by atoms with Gasteiger partial charge < -0.3 is 16.5 Å². The molecular formula is C8H11N3. The molecule has 4 N–H and O–H groups in total. The van der Waals surface area contributed by atoms with Crippen LogP contribution in [0.1, 0.15) is 5.56 Å². The smallest absolute Gasteiger partial charge is 0.0423 e. The maximum absolute atomic E-state index is 6.99. The quantitative estimate of drug-likeness (QED) is 0.438. The molecule has 0 aliphatic rings. The summed E-state index contributed by atoms with van der Waals surface area (Å²) in [7, 11) is 1.83. The molecule has 0 bridgehead atoms. The van der Waals surface area contributed by atoms with Crippen LogP contribution >= 0.6 is 0 Å². The van der Waals surface area contributed by atoms with Crippen LogP contribution in [0.5, 0.6) is 0 Å². The van der Waals surface area contributed by atoms with Crippen molar-refractivity contribution in [2.75, 3.05) is 18.1 Å². The van der Waals surface area contributed by atoms with Crippen LogP contribution in [0.3, 0.4) is 0 Å². The first-order valence-electron chi connectivity index (χ1n) is 3.35. The Balaban J connectivity index is 3.09. The van der Waals surface area contributed by atoms with Crippen LogP contribution in [0, 0.1) is 5.41 Å². The van der Waals surface area contributed by atoms with Gasteiger partial charge in [0.25, 0.3) is 0 Å². The topological polar surface area (TPSA) is 61.9 Å². The van der Waals surface area contributed by atoms with Gasteiger partial charge in [-0.2, -0.15) is 0 Å². The minimum atomic E-state index is 0.631. The normalized spacial score (nSPS) is 9.18. The highest BCUT2D eigenvalue weighted by molar-refractivity contribution is 5.86. The molecule has 3 heteroatoms. The van der Waals surface area contributed by atoms with Crippen LogP contribution in [0.2, 0.25) is 0 Å². The predicted octanol–water partition coefficient (Wildman–Crippen LogP) is 1.31. The van der Waals surface area contributed by atoms with E-state index in [4.69, 9.17) is 11.1 Å². The third kappa shape index (κ3) is 1.49. The zero-order chi connectivity index (χ0) is 8.27. The molecule has 1 rings (SSSR count). The van der Waals surface area contributed by atoms with Crippen LogP contribution in [-0.2, 0) is 0 Å². The van der Waals surface area contributed by atoms with Gasteiger partial charge in [0.2, 0.25) is 0 Å². The van der Waals surface area contributed by atoms with E-state index in [1.807, 2.05) is 19.2 Å². The van der Waals surface area contributed by atoms with E-state index in [1.54, 1.807) is 6.07 Å². The number of nitrogens with two attached hydrogens (primary N) is 1. The van der Waals surface area contributed by atoms with Gasteiger partial charge in [-0.3, -0.25) is 0 Å². The second kappa shape index (κ2) is 3.05. The highest BCUT2D eigenvalue weighted by atomic mass is 14.8. The van der Waals surface area contributed by atoms with Crippen LogP contribution in [0.15, 0.2) is 18.2 Å². The standard InChI is InChI=1S/C8H11N3/c1-11-7-3-2-6(5-9)8(10)4-7/h2-5,9,11H,10H2,1H3. The molecule has 0 atom stereocenters. The van der Waals surface area contributed by atoms with Gasteiger partial charge in [-0.25, -0.2) is 0 Å². The van der Waals surface area contributed by atoms with Crippen molar-refractivity contribution in [3.05, 3.63) is 23.8 Å². The Morgan fingerprint density at radius 3 is 2.73 bits per heavy atom. The summed E-state index contributed by atoms with van der Waals surface area (Å²) in [5.74, 6) is 0. The highest BCUT2D eigenvalue weighted by Gasteiger charge is 1.95. The molecule has 0 radical (unpaired) electrons. The number of nitrogens with one attached hydrogen (secondary N) is 2. The summed E-state index contributed by atoms with van der Waals surface area (Å²) in [6, 6.07) is 5.51. The molecule has 11 heavy (non-hydrogen) atoms. The third-order valence-electron chi connectivity index (χ3n) is 1.53. The molecule has 0 unspecified atom stereocenters. The van der Waals surface area contributed by atoms with Crippen LogP contribution in [0.25, 0.3) is 0 Å². The maximum atomic E-state index is 6.99. The van der Waals surface area contributed by atoms with E-state index in [0.29, 0.717) is 5.69 Å². The van der Waals surface area contributed by atoms with Crippen molar-refractivity contribution in [2.24, 2.45) is 0 Å². The molecule has 0 saturated carbocycles. The number of rotatable bonds is 2. The highest BCUT2D eigenvalue weighted by Crippen LogP contribution is 2.15. The van der Waals surface area contributed by atoms with Gasteiger partial charge in [0, 0.05) is 30.2 Å². The second-order valence-electron chi connectivity index (χ2n) is 2.24. The van der Waals surface area contributed by atoms with Gasteiger partial charge in [-0.05, 0) is 18.2 Å². The minimum Gasteiger partial charge on any atom is -0.398 e. The summed E-state index contributed by atoms with van der Waals surface area (Å²) >= 11 is 0. The first-order valence-corrected chi connectivity index (χ1v) is 3.35. The Hall–Kier alpha value is -1.51. The van der Waals surface area contributed by atoms with E-state index >= 15 is 0 Å². The van der Waals surface area contributed by atoms with Crippen molar-refractivity contribution in [1.29, 1.82) is 5.41 Å². The van der Waals surface area contributed by atoms with E-state index in [2.05, 4.69) is 5.32 Å². The first kappa shape index (κ1) is 7.60. The summed E-state index contributed by atoms with van der Waals surface area (Å²) < 4.78 is 0. The van der Waals surface area contributed by atoms with Gasteiger partial charge in [-0.1, -0.05) is 0 Å². The summed E-state index contributed by atoms with van der Waals surface area (Å²) in [5, 5.41) is 9.95. The van der Waals surface area contributed by atoms with Crippen molar-refractivity contribution < 1.29 is 0 Å². The fourth-order valence-electron chi connectivity index (χ4n) is 0.862. The van der Waals surface area contributed by atoms with Crippen molar-refractivity contribution in [2.45, 2.75) is 0 Å². The average molecular weight is 149 g/mol. The van der Waals surface area contributed by atoms with E-state index in [1.165, 1.54) is 6.21 Å². The van der Waals surface area contributed by atoms with Crippen LogP contribution in [-0.4, -0.2) is 13.3 Å². The monoisotopic (exact) mass is 149 g/mol. The zero-order valence-electron chi connectivity index (χ0n) is 6.39. The molecular weight excluding hydrogens is 138 g/mol. The van der Waals surface area contributed by atoms with Gasteiger partial charge in [0.05, 0.1) is 0 Å². The number of hydrogen-bond acceptors (Lipinski definition) is 3. The Kier molecular flexibility index (Phi) is 2.11. The largest absolute Gasteiger partial charge is 0.398 e. The van der Waals surface area contributed by atoms with Gasteiger partial charge >= 0.3 is 0 Å². The molecule has 0 amide bonds. The Labute approximate surface area is 65.7 Å². The third-order valence-corrected chi connectivity index (χ3v) is 1.53. The molecule has 1 aromatic rings. The molecule has 0 aromatic heterocycles.